The van der Waals surface area contributed by atoms with Crippen molar-refractivity contribution in [1.82, 2.24) is 9.21 Å². The first-order chi connectivity index (χ1) is 9.92. The van der Waals surface area contributed by atoms with E-state index in [2.05, 4.69) is 0 Å². The van der Waals surface area contributed by atoms with Crippen molar-refractivity contribution in [2.75, 3.05) is 27.2 Å². The fraction of sp³-hybridized carbons (Fsp3) is 0.533. The number of sulfonamides is 1. The summed E-state index contributed by atoms with van der Waals surface area (Å²) >= 11 is 0. The molecule has 114 valence electrons. The fourth-order valence-corrected chi connectivity index (χ4v) is 4.56. The zero-order chi connectivity index (χ0) is 15.5. The number of hydrogen-bond donors (Lipinski definition) is 0. The molecule has 0 spiro atoms. The van der Waals surface area contributed by atoms with Crippen LogP contribution in [0.15, 0.2) is 24.3 Å². The van der Waals surface area contributed by atoms with Gasteiger partial charge in [0.1, 0.15) is 0 Å². The minimum absolute atomic E-state index is 0.00262. The van der Waals surface area contributed by atoms with E-state index < -0.39 is 10.0 Å². The van der Waals surface area contributed by atoms with Gasteiger partial charge in [0.25, 0.3) is 0 Å². The van der Waals surface area contributed by atoms with Gasteiger partial charge in [-0.05, 0) is 44.6 Å². The monoisotopic (exact) mass is 307 g/mol. The molecule has 0 bridgehead atoms. The number of likely N-dealkylation sites (N-methyl/N-ethyl adjacent to an activating group) is 1. The standard InChI is InChI=1S/C15H21N3O2S/c1-17(2)11-15-4-3-9-18(15)21(19,20)12-14-7-5-13(10-16)6-8-14/h5-8,15H,3-4,9,11-12H2,1-2H3. The van der Waals surface area contributed by atoms with E-state index in [0.29, 0.717) is 12.1 Å². The lowest BCUT2D eigenvalue weighted by Gasteiger charge is -2.26. The highest BCUT2D eigenvalue weighted by Crippen LogP contribution is 2.24. The molecule has 1 unspecified atom stereocenters. The molecular weight excluding hydrogens is 286 g/mol. The van der Waals surface area contributed by atoms with E-state index >= 15 is 0 Å². The van der Waals surface area contributed by atoms with Gasteiger partial charge in [-0.25, -0.2) is 8.42 Å². The Morgan fingerprint density at radius 2 is 2.00 bits per heavy atom. The predicted octanol–water partition coefficient (Wildman–Crippen LogP) is 1.41. The molecule has 0 saturated carbocycles. The molecule has 1 atom stereocenters. The van der Waals surface area contributed by atoms with Crippen LogP contribution in [0.1, 0.15) is 24.0 Å². The van der Waals surface area contributed by atoms with Crippen molar-refractivity contribution in [3.05, 3.63) is 35.4 Å². The van der Waals surface area contributed by atoms with E-state index in [1.54, 1.807) is 28.6 Å². The average molecular weight is 307 g/mol. The Bertz CT molecular complexity index is 617. The van der Waals surface area contributed by atoms with Crippen LogP contribution in [-0.4, -0.2) is 50.8 Å². The van der Waals surface area contributed by atoms with Gasteiger partial charge in [0.2, 0.25) is 10.0 Å². The zero-order valence-electron chi connectivity index (χ0n) is 12.5. The third-order valence-corrected chi connectivity index (χ3v) is 5.58. The summed E-state index contributed by atoms with van der Waals surface area (Å²) in [5.41, 5.74) is 1.27. The van der Waals surface area contributed by atoms with E-state index in [4.69, 9.17) is 5.26 Å². The molecule has 1 aromatic rings. The molecule has 0 aromatic heterocycles. The first-order valence-corrected chi connectivity index (χ1v) is 8.66. The van der Waals surface area contributed by atoms with Crippen LogP contribution in [0.5, 0.6) is 0 Å². The molecular formula is C15H21N3O2S. The number of benzene rings is 1. The maximum atomic E-state index is 12.6. The molecule has 6 heteroatoms. The summed E-state index contributed by atoms with van der Waals surface area (Å²) in [5, 5.41) is 8.77. The topological polar surface area (TPSA) is 64.4 Å². The van der Waals surface area contributed by atoms with Crippen LogP contribution in [-0.2, 0) is 15.8 Å². The van der Waals surface area contributed by atoms with E-state index in [9.17, 15) is 8.42 Å². The summed E-state index contributed by atoms with van der Waals surface area (Å²) < 4.78 is 26.8. The lowest BCUT2D eigenvalue weighted by molar-refractivity contribution is 0.291. The summed E-state index contributed by atoms with van der Waals surface area (Å²) in [7, 11) is 0.620. The molecule has 5 nitrogen and oxygen atoms in total. The largest absolute Gasteiger partial charge is 0.308 e. The lowest BCUT2D eigenvalue weighted by Crippen LogP contribution is -2.41. The molecule has 21 heavy (non-hydrogen) atoms. The van der Waals surface area contributed by atoms with Crippen LogP contribution in [0.2, 0.25) is 0 Å². The Hall–Kier alpha value is -1.42. The summed E-state index contributed by atoms with van der Waals surface area (Å²) in [4.78, 5) is 2.03. The first-order valence-electron chi connectivity index (χ1n) is 7.05. The first kappa shape index (κ1) is 16.0. The van der Waals surface area contributed by atoms with Crippen LogP contribution in [0.25, 0.3) is 0 Å². The summed E-state index contributed by atoms with van der Waals surface area (Å²) in [6, 6.07) is 8.86. The second-order valence-corrected chi connectivity index (χ2v) is 7.66. The van der Waals surface area contributed by atoms with Crippen molar-refractivity contribution >= 4 is 10.0 Å². The second-order valence-electron chi connectivity index (χ2n) is 5.73. The molecule has 1 aliphatic heterocycles. The van der Waals surface area contributed by atoms with Gasteiger partial charge in [-0.3, -0.25) is 0 Å². The molecule has 1 aromatic carbocycles. The van der Waals surface area contributed by atoms with Gasteiger partial charge in [0.15, 0.2) is 0 Å². The van der Waals surface area contributed by atoms with Gasteiger partial charge < -0.3 is 4.90 Å². The van der Waals surface area contributed by atoms with Crippen LogP contribution < -0.4 is 0 Å². The Labute approximate surface area is 126 Å². The number of nitrogens with zero attached hydrogens (tertiary/aromatic N) is 3. The number of rotatable bonds is 5. The number of nitriles is 1. The molecule has 1 aliphatic rings. The predicted molar refractivity (Wildman–Crippen MR) is 82.1 cm³/mol. The van der Waals surface area contributed by atoms with Crippen molar-refractivity contribution < 1.29 is 8.42 Å². The highest BCUT2D eigenvalue weighted by molar-refractivity contribution is 7.88. The summed E-state index contributed by atoms with van der Waals surface area (Å²) in [6.07, 6.45) is 1.84. The van der Waals surface area contributed by atoms with E-state index in [1.165, 1.54) is 0 Å². The molecule has 1 fully saturated rings. The smallest absolute Gasteiger partial charge is 0.218 e. The highest BCUT2D eigenvalue weighted by atomic mass is 32.2. The Morgan fingerprint density at radius 1 is 1.33 bits per heavy atom. The van der Waals surface area contributed by atoms with Gasteiger partial charge >= 0.3 is 0 Å². The SMILES string of the molecule is CN(C)CC1CCCN1S(=O)(=O)Cc1ccc(C#N)cc1. The van der Waals surface area contributed by atoms with Gasteiger partial charge in [0.05, 0.1) is 17.4 Å². The number of hydrogen-bond acceptors (Lipinski definition) is 4. The van der Waals surface area contributed by atoms with Crippen molar-refractivity contribution in [2.24, 2.45) is 0 Å². The normalized spacial score (nSPS) is 19.8. The molecule has 1 heterocycles. The average Bonchev–Trinajstić information content (AvgIpc) is 2.87. The highest BCUT2D eigenvalue weighted by Gasteiger charge is 2.34. The Kier molecular flexibility index (Phi) is 4.99. The third kappa shape index (κ3) is 4.03. The summed E-state index contributed by atoms with van der Waals surface area (Å²) in [5.74, 6) is 0.00262. The van der Waals surface area contributed by atoms with E-state index in [0.717, 1.165) is 24.9 Å². The van der Waals surface area contributed by atoms with Crippen molar-refractivity contribution in [2.45, 2.75) is 24.6 Å². The van der Waals surface area contributed by atoms with E-state index in [1.807, 2.05) is 25.1 Å². The maximum Gasteiger partial charge on any atom is 0.218 e. The molecule has 0 aliphatic carbocycles. The molecule has 0 radical (unpaired) electrons. The van der Waals surface area contributed by atoms with Gasteiger partial charge in [-0.15, -0.1) is 0 Å². The van der Waals surface area contributed by atoms with Crippen LogP contribution in [0, 0.1) is 11.3 Å². The second kappa shape index (κ2) is 6.56. The van der Waals surface area contributed by atoms with Crippen LogP contribution >= 0.6 is 0 Å². The van der Waals surface area contributed by atoms with Gasteiger partial charge in [0, 0.05) is 19.1 Å². The van der Waals surface area contributed by atoms with Crippen molar-refractivity contribution in [3.63, 3.8) is 0 Å². The van der Waals surface area contributed by atoms with Crippen molar-refractivity contribution in [1.29, 1.82) is 5.26 Å². The van der Waals surface area contributed by atoms with Gasteiger partial charge in [-0.1, -0.05) is 12.1 Å². The zero-order valence-corrected chi connectivity index (χ0v) is 13.3. The van der Waals surface area contributed by atoms with Gasteiger partial charge in [-0.2, -0.15) is 9.57 Å². The summed E-state index contributed by atoms with van der Waals surface area (Å²) in [6.45, 7) is 1.36. The maximum absolute atomic E-state index is 12.6. The molecule has 2 rings (SSSR count). The van der Waals surface area contributed by atoms with Crippen LogP contribution in [0.4, 0.5) is 0 Å². The van der Waals surface area contributed by atoms with Crippen LogP contribution in [0.3, 0.4) is 0 Å². The third-order valence-electron chi connectivity index (χ3n) is 3.69. The minimum atomic E-state index is -3.30. The van der Waals surface area contributed by atoms with E-state index in [-0.39, 0.29) is 11.8 Å². The molecule has 0 N–H and O–H groups in total. The molecule has 1 saturated heterocycles. The lowest BCUT2D eigenvalue weighted by atomic mass is 10.2. The minimum Gasteiger partial charge on any atom is -0.308 e. The Morgan fingerprint density at radius 3 is 2.57 bits per heavy atom. The molecule has 0 amide bonds. The fourth-order valence-electron chi connectivity index (χ4n) is 2.75. The quantitative estimate of drug-likeness (QED) is 0.825. The van der Waals surface area contributed by atoms with Crippen molar-refractivity contribution in [3.8, 4) is 6.07 Å². The Balaban J connectivity index is 2.11.